The molecule has 0 radical (unpaired) electrons. The summed E-state index contributed by atoms with van der Waals surface area (Å²) in [4.78, 5) is 10.4. The van der Waals surface area contributed by atoms with Crippen molar-refractivity contribution in [2.24, 2.45) is 0 Å². The van der Waals surface area contributed by atoms with Crippen molar-refractivity contribution in [1.82, 2.24) is 0 Å². The summed E-state index contributed by atoms with van der Waals surface area (Å²) in [6.45, 7) is 1.86. The minimum atomic E-state index is -0.424. The molecular formula is C14H11BrFNO3. The first-order chi connectivity index (χ1) is 9.49. The van der Waals surface area contributed by atoms with Gasteiger partial charge >= 0.3 is 0 Å². The Morgan fingerprint density at radius 1 is 1.35 bits per heavy atom. The van der Waals surface area contributed by atoms with Crippen LogP contribution >= 0.6 is 15.9 Å². The van der Waals surface area contributed by atoms with Crippen molar-refractivity contribution in [2.45, 2.75) is 13.5 Å². The maximum Gasteiger partial charge on any atom is 0.272 e. The number of ether oxygens (including phenoxy) is 1. The van der Waals surface area contributed by atoms with Gasteiger partial charge in [0.1, 0.15) is 18.2 Å². The third kappa shape index (κ3) is 3.14. The van der Waals surface area contributed by atoms with Gasteiger partial charge in [-0.15, -0.1) is 0 Å². The number of nitro benzene ring substituents is 1. The van der Waals surface area contributed by atoms with Crippen LogP contribution in [0.3, 0.4) is 0 Å². The highest BCUT2D eigenvalue weighted by molar-refractivity contribution is 9.10. The molecule has 0 N–H and O–H groups in total. The van der Waals surface area contributed by atoms with E-state index in [1.54, 1.807) is 19.1 Å². The Hall–Kier alpha value is -1.95. The van der Waals surface area contributed by atoms with Crippen LogP contribution in [0, 0.1) is 22.9 Å². The van der Waals surface area contributed by atoms with E-state index in [0.29, 0.717) is 15.8 Å². The topological polar surface area (TPSA) is 52.4 Å². The predicted molar refractivity (Wildman–Crippen MR) is 76.3 cm³/mol. The third-order valence-electron chi connectivity index (χ3n) is 2.89. The summed E-state index contributed by atoms with van der Waals surface area (Å²) < 4.78 is 19.0. The van der Waals surface area contributed by atoms with E-state index in [0.717, 1.165) is 5.56 Å². The van der Waals surface area contributed by atoms with Crippen molar-refractivity contribution < 1.29 is 14.1 Å². The number of nitro groups is 1. The van der Waals surface area contributed by atoms with Crippen LogP contribution in [-0.4, -0.2) is 4.92 Å². The van der Waals surface area contributed by atoms with Crippen molar-refractivity contribution in [1.29, 1.82) is 0 Å². The Morgan fingerprint density at radius 3 is 2.75 bits per heavy atom. The molecule has 0 amide bonds. The molecular weight excluding hydrogens is 329 g/mol. The SMILES string of the molecule is Cc1c(COc2ccc(F)cc2Br)cccc1[N+](=O)[O-]. The van der Waals surface area contributed by atoms with Gasteiger partial charge in [0, 0.05) is 11.6 Å². The molecule has 0 spiro atoms. The molecule has 0 aliphatic rings. The van der Waals surface area contributed by atoms with Gasteiger partial charge in [-0.25, -0.2) is 4.39 Å². The minimum absolute atomic E-state index is 0.0595. The van der Waals surface area contributed by atoms with E-state index in [1.807, 2.05) is 0 Å². The molecule has 0 bridgehead atoms. The van der Waals surface area contributed by atoms with E-state index in [2.05, 4.69) is 15.9 Å². The zero-order valence-corrected chi connectivity index (χ0v) is 12.2. The van der Waals surface area contributed by atoms with Crippen molar-refractivity contribution in [3.8, 4) is 5.75 Å². The molecule has 2 rings (SSSR count). The second-order valence-corrected chi connectivity index (χ2v) is 5.04. The fourth-order valence-electron chi connectivity index (χ4n) is 1.77. The number of benzene rings is 2. The van der Waals surface area contributed by atoms with Crippen molar-refractivity contribution in [3.63, 3.8) is 0 Å². The maximum absolute atomic E-state index is 13.0. The summed E-state index contributed by atoms with van der Waals surface area (Å²) in [7, 11) is 0. The van der Waals surface area contributed by atoms with E-state index in [1.165, 1.54) is 24.3 Å². The molecule has 104 valence electrons. The molecule has 0 saturated carbocycles. The number of nitrogens with zero attached hydrogens (tertiary/aromatic N) is 1. The molecule has 0 unspecified atom stereocenters. The molecule has 0 aliphatic heterocycles. The minimum Gasteiger partial charge on any atom is -0.488 e. The van der Waals surface area contributed by atoms with Gasteiger partial charge in [-0.2, -0.15) is 0 Å². The van der Waals surface area contributed by atoms with E-state index in [-0.39, 0.29) is 18.1 Å². The van der Waals surface area contributed by atoms with Crippen LogP contribution in [0.1, 0.15) is 11.1 Å². The summed E-state index contributed by atoms with van der Waals surface area (Å²) >= 11 is 3.20. The maximum atomic E-state index is 13.0. The van der Waals surface area contributed by atoms with Crippen LogP contribution in [-0.2, 0) is 6.61 Å². The van der Waals surface area contributed by atoms with Crippen molar-refractivity contribution in [2.75, 3.05) is 0 Å². The lowest BCUT2D eigenvalue weighted by atomic mass is 10.1. The average Bonchev–Trinajstić information content (AvgIpc) is 2.39. The quantitative estimate of drug-likeness (QED) is 0.613. The molecule has 4 nitrogen and oxygen atoms in total. The van der Waals surface area contributed by atoms with E-state index < -0.39 is 4.92 Å². The number of hydrogen-bond acceptors (Lipinski definition) is 3. The van der Waals surface area contributed by atoms with Gasteiger partial charge in [-0.3, -0.25) is 10.1 Å². The van der Waals surface area contributed by atoms with Gasteiger partial charge in [0.05, 0.1) is 9.40 Å². The fraction of sp³-hybridized carbons (Fsp3) is 0.143. The smallest absolute Gasteiger partial charge is 0.272 e. The van der Waals surface area contributed by atoms with E-state index in [9.17, 15) is 14.5 Å². The fourth-order valence-corrected chi connectivity index (χ4v) is 2.24. The third-order valence-corrected chi connectivity index (χ3v) is 3.51. The van der Waals surface area contributed by atoms with E-state index in [4.69, 9.17) is 4.74 Å². The van der Waals surface area contributed by atoms with Crippen LogP contribution < -0.4 is 4.74 Å². The zero-order valence-electron chi connectivity index (χ0n) is 10.6. The number of halogens is 2. The molecule has 20 heavy (non-hydrogen) atoms. The zero-order chi connectivity index (χ0) is 14.7. The molecule has 2 aromatic rings. The standard InChI is InChI=1S/C14H11BrFNO3/c1-9-10(3-2-4-13(9)17(18)19)8-20-14-6-5-11(16)7-12(14)15/h2-7H,8H2,1H3. The van der Waals surface area contributed by atoms with Crippen LogP contribution in [0.15, 0.2) is 40.9 Å². The Morgan fingerprint density at radius 2 is 2.10 bits per heavy atom. The van der Waals surface area contributed by atoms with Gasteiger partial charge in [0.25, 0.3) is 5.69 Å². The average molecular weight is 340 g/mol. The molecule has 0 heterocycles. The van der Waals surface area contributed by atoms with Crippen LogP contribution in [0.4, 0.5) is 10.1 Å². The number of rotatable bonds is 4. The van der Waals surface area contributed by atoms with E-state index >= 15 is 0 Å². The lowest BCUT2D eigenvalue weighted by molar-refractivity contribution is -0.385. The highest BCUT2D eigenvalue weighted by Gasteiger charge is 2.13. The van der Waals surface area contributed by atoms with Crippen LogP contribution in [0.2, 0.25) is 0 Å². The van der Waals surface area contributed by atoms with Gasteiger partial charge in [0.2, 0.25) is 0 Å². The van der Waals surface area contributed by atoms with Crippen LogP contribution in [0.5, 0.6) is 5.75 Å². The van der Waals surface area contributed by atoms with Crippen molar-refractivity contribution in [3.05, 3.63) is 67.9 Å². The predicted octanol–water partition coefficient (Wildman–Crippen LogP) is 4.38. The normalized spacial score (nSPS) is 10.3. The van der Waals surface area contributed by atoms with Gasteiger partial charge < -0.3 is 4.74 Å². The Balaban J connectivity index is 2.19. The molecule has 2 aromatic carbocycles. The first kappa shape index (κ1) is 14.5. The summed E-state index contributed by atoms with van der Waals surface area (Å²) in [6, 6.07) is 8.93. The first-order valence-corrected chi connectivity index (χ1v) is 6.59. The van der Waals surface area contributed by atoms with Crippen molar-refractivity contribution >= 4 is 21.6 Å². The van der Waals surface area contributed by atoms with Gasteiger partial charge in [-0.1, -0.05) is 12.1 Å². The molecule has 6 heteroatoms. The highest BCUT2D eigenvalue weighted by atomic mass is 79.9. The lowest BCUT2D eigenvalue weighted by Crippen LogP contribution is -2.01. The summed E-state index contributed by atoms with van der Waals surface area (Å²) in [5.74, 6) is 0.119. The molecule has 0 fully saturated rings. The Bertz CT molecular complexity index is 661. The molecule has 0 aliphatic carbocycles. The summed E-state index contributed by atoms with van der Waals surface area (Å²) in [5, 5.41) is 10.9. The molecule has 0 atom stereocenters. The van der Waals surface area contributed by atoms with Gasteiger partial charge in [-0.05, 0) is 46.6 Å². The largest absolute Gasteiger partial charge is 0.488 e. The Kier molecular flexibility index (Phi) is 4.34. The van der Waals surface area contributed by atoms with Crippen LogP contribution in [0.25, 0.3) is 0 Å². The molecule has 0 saturated heterocycles. The monoisotopic (exact) mass is 339 g/mol. The second-order valence-electron chi connectivity index (χ2n) is 4.18. The Labute approximate surface area is 123 Å². The lowest BCUT2D eigenvalue weighted by Gasteiger charge is -2.10. The second kappa shape index (κ2) is 6.00. The summed E-state index contributed by atoms with van der Waals surface area (Å²) in [6.07, 6.45) is 0. The van der Waals surface area contributed by atoms with Gasteiger partial charge in [0.15, 0.2) is 0 Å². The first-order valence-electron chi connectivity index (χ1n) is 5.80. The summed E-state index contributed by atoms with van der Waals surface area (Å²) in [5.41, 5.74) is 1.34. The highest BCUT2D eigenvalue weighted by Crippen LogP contribution is 2.27. The number of hydrogen-bond donors (Lipinski definition) is 0. The molecule has 0 aromatic heterocycles.